The molecular formula is C15H21FN2O2. The van der Waals surface area contributed by atoms with Gasteiger partial charge in [0.15, 0.2) is 5.58 Å². The van der Waals surface area contributed by atoms with Gasteiger partial charge in [-0.3, -0.25) is 4.90 Å². The van der Waals surface area contributed by atoms with E-state index in [0.717, 1.165) is 32.4 Å². The highest BCUT2D eigenvalue weighted by Gasteiger charge is 2.11. The van der Waals surface area contributed by atoms with Crippen LogP contribution < -0.4 is 0 Å². The van der Waals surface area contributed by atoms with Crippen LogP contribution in [0.4, 0.5) is 4.39 Å². The molecule has 1 heterocycles. The van der Waals surface area contributed by atoms with Gasteiger partial charge in [0.05, 0.1) is 6.54 Å². The molecule has 2 aromatic rings. The molecule has 0 saturated carbocycles. The van der Waals surface area contributed by atoms with Crippen LogP contribution in [0.15, 0.2) is 22.6 Å². The van der Waals surface area contributed by atoms with Crippen LogP contribution in [0.5, 0.6) is 0 Å². The van der Waals surface area contributed by atoms with Crippen LogP contribution in [0, 0.1) is 5.82 Å². The molecule has 0 radical (unpaired) electrons. The fourth-order valence-corrected chi connectivity index (χ4v) is 2.15. The quantitative estimate of drug-likeness (QED) is 0.807. The highest BCUT2D eigenvalue weighted by atomic mass is 19.1. The average molecular weight is 280 g/mol. The van der Waals surface area contributed by atoms with Crippen molar-refractivity contribution >= 4 is 11.1 Å². The summed E-state index contributed by atoms with van der Waals surface area (Å²) < 4.78 is 18.7. The van der Waals surface area contributed by atoms with Gasteiger partial charge in [-0.25, -0.2) is 9.37 Å². The molecule has 1 N–H and O–H groups in total. The third-order valence-electron chi connectivity index (χ3n) is 3.21. The number of rotatable bonds is 8. The van der Waals surface area contributed by atoms with E-state index in [1.807, 2.05) is 0 Å². The monoisotopic (exact) mass is 280 g/mol. The maximum Gasteiger partial charge on any atom is 0.209 e. The van der Waals surface area contributed by atoms with Crippen molar-refractivity contribution in [3.63, 3.8) is 0 Å². The Bertz CT molecular complexity index is 534. The van der Waals surface area contributed by atoms with Crippen LogP contribution in [0.3, 0.4) is 0 Å². The number of aromatic nitrogens is 1. The summed E-state index contributed by atoms with van der Waals surface area (Å²) in [4.78, 5) is 6.58. The number of nitrogens with zero attached hydrogens (tertiary/aromatic N) is 2. The Morgan fingerprint density at radius 3 is 2.85 bits per heavy atom. The van der Waals surface area contributed by atoms with Gasteiger partial charge in [-0.1, -0.05) is 13.3 Å². The van der Waals surface area contributed by atoms with Gasteiger partial charge in [-0.15, -0.1) is 0 Å². The van der Waals surface area contributed by atoms with E-state index in [1.165, 1.54) is 12.1 Å². The molecule has 2 rings (SSSR count). The van der Waals surface area contributed by atoms with Crippen molar-refractivity contribution in [3.8, 4) is 0 Å². The van der Waals surface area contributed by atoms with Crippen LogP contribution in [0.25, 0.3) is 11.1 Å². The van der Waals surface area contributed by atoms with E-state index < -0.39 is 0 Å². The number of aliphatic hydroxyl groups is 1. The first-order valence-corrected chi connectivity index (χ1v) is 7.11. The lowest BCUT2D eigenvalue weighted by molar-refractivity contribution is 0.203. The van der Waals surface area contributed by atoms with E-state index in [2.05, 4.69) is 16.8 Å². The van der Waals surface area contributed by atoms with E-state index in [0.29, 0.717) is 23.5 Å². The molecule has 0 atom stereocenters. The maximum absolute atomic E-state index is 13.1. The number of hydrogen-bond acceptors (Lipinski definition) is 4. The van der Waals surface area contributed by atoms with Crippen molar-refractivity contribution in [2.75, 3.05) is 19.7 Å². The SMILES string of the molecule is CCCCN(CCCO)Cc1nc2ccc(F)cc2o1. The first-order valence-electron chi connectivity index (χ1n) is 7.11. The molecule has 0 aliphatic heterocycles. The molecule has 4 nitrogen and oxygen atoms in total. The molecular weight excluding hydrogens is 259 g/mol. The van der Waals surface area contributed by atoms with Crippen LogP contribution in [-0.2, 0) is 6.54 Å². The van der Waals surface area contributed by atoms with Crippen LogP contribution in [0.1, 0.15) is 32.1 Å². The standard InChI is InChI=1S/C15H21FN2O2/c1-2-3-7-18(8-4-9-19)11-15-17-13-6-5-12(16)10-14(13)20-15/h5-6,10,19H,2-4,7-9,11H2,1H3. The summed E-state index contributed by atoms with van der Waals surface area (Å²) in [5.74, 6) is 0.281. The van der Waals surface area contributed by atoms with E-state index in [1.54, 1.807) is 6.07 Å². The predicted molar refractivity (Wildman–Crippen MR) is 75.9 cm³/mol. The van der Waals surface area contributed by atoms with Crippen molar-refractivity contribution in [3.05, 3.63) is 29.9 Å². The van der Waals surface area contributed by atoms with Gasteiger partial charge in [0.2, 0.25) is 5.89 Å². The van der Waals surface area contributed by atoms with E-state index in [9.17, 15) is 4.39 Å². The second-order valence-corrected chi connectivity index (χ2v) is 4.93. The Hall–Kier alpha value is -1.46. The maximum atomic E-state index is 13.1. The lowest BCUT2D eigenvalue weighted by atomic mass is 10.3. The van der Waals surface area contributed by atoms with Crippen molar-refractivity contribution in [2.24, 2.45) is 0 Å². The predicted octanol–water partition coefficient (Wildman–Crippen LogP) is 2.95. The summed E-state index contributed by atoms with van der Waals surface area (Å²) >= 11 is 0. The fourth-order valence-electron chi connectivity index (χ4n) is 2.15. The van der Waals surface area contributed by atoms with Crippen molar-refractivity contribution in [2.45, 2.75) is 32.7 Å². The van der Waals surface area contributed by atoms with E-state index in [-0.39, 0.29) is 12.4 Å². The number of hydrogen-bond donors (Lipinski definition) is 1. The van der Waals surface area contributed by atoms with Gasteiger partial charge < -0.3 is 9.52 Å². The molecule has 1 aromatic carbocycles. The Balaban J connectivity index is 2.06. The van der Waals surface area contributed by atoms with Gasteiger partial charge in [0.25, 0.3) is 0 Å². The summed E-state index contributed by atoms with van der Waals surface area (Å²) in [6.07, 6.45) is 2.95. The minimum absolute atomic E-state index is 0.182. The van der Waals surface area contributed by atoms with Gasteiger partial charge in [-0.2, -0.15) is 0 Å². The van der Waals surface area contributed by atoms with Crippen LogP contribution in [-0.4, -0.2) is 34.7 Å². The molecule has 20 heavy (non-hydrogen) atoms. The number of oxazole rings is 1. The summed E-state index contributed by atoms with van der Waals surface area (Å²) in [5.41, 5.74) is 1.16. The summed E-state index contributed by atoms with van der Waals surface area (Å²) in [6.45, 7) is 4.68. The molecule has 0 amide bonds. The first kappa shape index (κ1) is 14.9. The van der Waals surface area contributed by atoms with E-state index in [4.69, 9.17) is 9.52 Å². The highest BCUT2D eigenvalue weighted by Crippen LogP contribution is 2.18. The molecule has 0 spiro atoms. The zero-order valence-electron chi connectivity index (χ0n) is 11.8. The van der Waals surface area contributed by atoms with Crippen molar-refractivity contribution in [1.29, 1.82) is 0 Å². The molecule has 5 heteroatoms. The third kappa shape index (κ3) is 4.02. The molecule has 110 valence electrons. The van der Waals surface area contributed by atoms with Crippen LogP contribution >= 0.6 is 0 Å². The normalized spacial score (nSPS) is 11.6. The van der Waals surface area contributed by atoms with Crippen LogP contribution in [0.2, 0.25) is 0 Å². The van der Waals surface area contributed by atoms with Crippen molar-refractivity contribution < 1.29 is 13.9 Å². The number of halogens is 1. The molecule has 0 unspecified atom stereocenters. The molecule has 0 fully saturated rings. The lowest BCUT2D eigenvalue weighted by Gasteiger charge is -2.19. The lowest BCUT2D eigenvalue weighted by Crippen LogP contribution is -2.26. The van der Waals surface area contributed by atoms with Gasteiger partial charge >= 0.3 is 0 Å². The Morgan fingerprint density at radius 2 is 2.10 bits per heavy atom. The number of unbranched alkanes of at least 4 members (excludes halogenated alkanes) is 1. The highest BCUT2D eigenvalue weighted by molar-refractivity contribution is 5.72. The topological polar surface area (TPSA) is 49.5 Å². The minimum Gasteiger partial charge on any atom is -0.439 e. The summed E-state index contributed by atoms with van der Waals surface area (Å²) in [7, 11) is 0. The summed E-state index contributed by atoms with van der Waals surface area (Å²) in [5, 5.41) is 8.94. The zero-order chi connectivity index (χ0) is 14.4. The second-order valence-electron chi connectivity index (χ2n) is 4.93. The zero-order valence-corrected chi connectivity index (χ0v) is 11.8. The second kappa shape index (κ2) is 7.36. The Labute approximate surface area is 118 Å². The van der Waals surface area contributed by atoms with Gasteiger partial charge in [-0.05, 0) is 31.5 Å². The number of benzene rings is 1. The van der Waals surface area contributed by atoms with Gasteiger partial charge in [0.1, 0.15) is 11.3 Å². The molecule has 0 bridgehead atoms. The smallest absolute Gasteiger partial charge is 0.209 e. The Kier molecular flexibility index (Phi) is 5.49. The van der Waals surface area contributed by atoms with Crippen molar-refractivity contribution in [1.82, 2.24) is 9.88 Å². The first-order chi connectivity index (χ1) is 9.72. The Morgan fingerprint density at radius 1 is 1.30 bits per heavy atom. The summed E-state index contributed by atoms with van der Waals surface area (Å²) in [6, 6.07) is 4.37. The average Bonchev–Trinajstić information content (AvgIpc) is 2.83. The number of aliphatic hydroxyl groups excluding tert-OH is 1. The minimum atomic E-state index is -0.316. The molecule has 0 aliphatic carbocycles. The third-order valence-corrected chi connectivity index (χ3v) is 3.21. The largest absolute Gasteiger partial charge is 0.439 e. The molecule has 1 aromatic heterocycles. The molecule has 0 aliphatic rings. The van der Waals surface area contributed by atoms with Gasteiger partial charge in [0, 0.05) is 19.2 Å². The fraction of sp³-hybridized carbons (Fsp3) is 0.533. The molecule has 0 saturated heterocycles. The number of fused-ring (bicyclic) bond motifs is 1. The van der Waals surface area contributed by atoms with E-state index >= 15 is 0 Å².